The number of hydrogen-bond acceptors (Lipinski definition) is 2. The second-order valence-electron chi connectivity index (χ2n) is 6.94. The molecule has 1 aliphatic carbocycles. The minimum atomic E-state index is 0.0250. The van der Waals surface area contributed by atoms with Gasteiger partial charge in [0.15, 0.2) is 0 Å². The van der Waals surface area contributed by atoms with E-state index in [-0.39, 0.29) is 11.3 Å². The number of nitrogens with zero attached hydrogens (tertiary/aromatic N) is 1. The smallest absolute Gasteiger partial charge is 0.254 e. The van der Waals surface area contributed by atoms with Gasteiger partial charge in [-0.25, -0.2) is 0 Å². The van der Waals surface area contributed by atoms with Gasteiger partial charge in [-0.3, -0.25) is 4.79 Å². The zero-order chi connectivity index (χ0) is 16.0. The number of likely N-dealkylation sites (tertiary alicyclic amines) is 1. The Morgan fingerprint density at radius 1 is 1.22 bits per heavy atom. The van der Waals surface area contributed by atoms with Gasteiger partial charge < -0.3 is 9.64 Å². The van der Waals surface area contributed by atoms with Crippen LogP contribution in [0.15, 0.2) is 48.5 Å². The minimum Gasteiger partial charge on any atom is -0.497 e. The van der Waals surface area contributed by atoms with Crippen LogP contribution in [0.3, 0.4) is 0 Å². The highest BCUT2D eigenvalue weighted by molar-refractivity contribution is 5.94. The van der Waals surface area contributed by atoms with Crippen molar-refractivity contribution in [3.8, 4) is 5.75 Å². The molecule has 2 aromatic rings. The summed E-state index contributed by atoms with van der Waals surface area (Å²) in [7, 11) is 1.70. The lowest BCUT2D eigenvalue weighted by atomic mass is 9.73. The quantitative estimate of drug-likeness (QED) is 0.851. The molecule has 0 unspecified atom stereocenters. The molecule has 1 fully saturated rings. The van der Waals surface area contributed by atoms with Gasteiger partial charge in [-0.1, -0.05) is 31.2 Å². The van der Waals surface area contributed by atoms with Gasteiger partial charge in [-0.15, -0.1) is 0 Å². The number of fused-ring (bicyclic) bond motifs is 4. The Morgan fingerprint density at radius 2 is 2.00 bits per heavy atom. The molecule has 118 valence electrons. The van der Waals surface area contributed by atoms with Crippen LogP contribution < -0.4 is 4.74 Å². The number of carbonyl (C=O) groups excluding carboxylic acids is 1. The number of hydrogen-bond donors (Lipinski definition) is 0. The third-order valence-electron chi connectivity index (χ3n) is 5.35. The second kappa shape index (κ2) is 5.12. The summed E-state index contributed by atoms with van der Waals surface area (Å²) in [5, 5.41) is 0. The number of ether oxygens (including phenoxy) is 1. The van der Waals surface area contributed by atoms with Crippen LogP contribution in [0, 0.1) is 0 Å². The van der Waals surface area contributed by atoms with Crippen LogP contribution in [0.5, 0.6) is 5.75 Å². The molecule has 1 saturated heterocycles. The van der Waals surface area contributed by atoms with Gasteiger partial charge in [0.1, 0.15) is 5.75 Å². The van der Waals surface area contributed by atoms with Crippen molar-refractivity contribution in [1.29, 1.82) is 0 Å². The van der Waals surface area contributed by atoms with E-state index < -0.39 is 0 Å². The van der Waals surface area contributed by atoms with Gasteiger partial charge in [-0.05, 0) is 48.2 Å². The highest BCUT2D eigenvalue weighted by Gasteiger charge is 2.48. The monoisotopic (exact) mass is 307 g/mol. The van der Waals surface area contributed by atoms with Crippen LogP contribution in [0.4, 0.5) is 0 Å². The van der Waals surface area contributed by atoms with Gasteiger partial charge >= 0.3 is 0 Å². The molecule has 2 bridgehead atoms. The van der Waals surface area contributed by atoms with Gasteiger partial charge in [0.05, 0.1) is 7.11 Å². The Kier molecular flexibility index (Phi) is 3.19. The molecule has 4 rings (SSSR count). The number of rotatable bonds is 2. The average Bonchev–Trinajstić information content (AvgIpc) is 2.87. The van der Waals surface area contributed by atoms with E-state index in [0.717, 1.165) is 30.7 Å². The zero-order valence-electron chi connectivity index (χ0n) is 13.6. The lowest BCUT2D eigenvalue weighted by Crippen LogP contribution is -2.36. The van der Waals surface area contributed by atoms with Crippen LogP contribution in [-0.4, -0.2) is 30.5 Å². The van der Waals surface area contributed by atoms with E-state index in [1.165, 1.54) is 11.1 Å². The fraction of sp³-hybridized carbons (Fsp3) is 0.350. The Hall–Kier alpha value is -2.29. The van der Waals surface area contributed by atoms with Crippen molar-refractivity contribution in [3.63, 3.8) is 0 Å². The van der Waals surface area contributed by atoms with E-state index in [0.29, 0.717) is 6.04 Å². The Bertz CT molecular complexity index is 755. The first-order valence-electron chi connectivity index (χ1n) is 8.14. The molecule has 1 aliphatic heterocycles. The lowest BCUT2D eigenvalue weighted by Gasteiger charge is -2.30. The molecule has 1 amide bonds. The number of amides is 1. The molecule has 2 atom stereocenters. The number of carbonyl (C=O) groups is 1. The maximum atomic E-state index is 12.9. The molecule has 0 radical (unpaired) electrons. The first-order valence-corrected chi connectivity index (χ1v) is 8.14. The fourth-order valence-corrected chi connectivity index (χ4v) is 4.24. The molecule has 2 aliphatic rings. The molecule has 0 aromatic heterocycles. The summed E-state index contributed by atoms with van der Waals surface area (Å²) in [6.45, 7) is 3.06. The Labute approximate surface area is 136 Å². The zero-order valence-corrected chi connectivity index (χ0v) is 13.6. The largest absolute Gasteiger partial charge is 0.497 e. The van der Waals surface area contributed by atoms with Crippen LogP contribution in [-0.2, 0) is 11.8 Å². The molecular weight excluding hydrogens is 286 g/mol. The first-order chi connectivity index (χ1) is 11.1. The van der Waals surface area contributed by atoms with Crippen molar-refractivity contribution >= 4 is 5.91 Å². The molecular formula is C20H21NO2. The van der Waals surface area contributed by atoms with E-state index in [2.05, 4.69) is 24.0 Å². The number of methoxy groups -OCH3 is 1. The fourth-order valence-electron chi connectivity index (χ4n) is 4.24. The van der Waals surface area contributed by atoms with E-state index >= 15 is 0 Å². The van der Waals surface area contributed by atoms with Crippen LogP contribution in [0.1, 0.15) is 34.8 Å². The molecule has 0 saturated carbocycles. The Morgan fingerprint density at radius 3 is 2.74 bits per heavy atom. The summed E-state index contributed by atoms with van der Waals surface area (Å²) in [5.41, 5.74) is 3.51. The molecule has 0 spiro atoms. The van der Waals surface area contributed by atoms with Crippen molar-refractivity contribution in [2.24, 2.45) is 0 Å². The van der Waals surface area contributed by atoms with Gasteiger partial charge in [0, 0.05) is 23.6 Å². The molecule has 3 nitrogen and oxygen atoms in total. The minimum absolute atomic E-state index is 0.0250. The second-order valence-corrected chi connectivity index (χ2v) is 6.94. The highest BCUT2D eigenvalue weighted by atomic mass is 16.5. The third kappa shape index (κ3) is 2.23. The van der Waals surface area contributed by atoms with Crippen molar-refractivity contribution in [3.05, 3.63) is 65.2 Å². The van der Waals surface area contributed by atoms with E-state index in [1.807, 2.05) is 36.4 Å². The predicted octanol–water partition coefficient (Wildman–Crippen LogP) is 3.42. The standard InChI is InChI=1S/C20H21NO2/c1-20-12-16(10-15-8-9-17(23-2)11-18(15)20)21(13-20)19(22)14-6-4-3-5-7-14/h3-9,11,16H,10,12-13H2,1-2H3/t16-,20+/m1/s1. The van der Waals surface area contributed by atoms with Crippen molar-refractivity contribution in [2.45, 2.75) is 31.2 Å². The molecule has 3 heteroatoms. The molecule has 2 aromatic carbocycles. The van der Waals surface area contributed by atoms with Gasteiger partial charge in [-0.2, -0.15) is 0 Å². The molecule has 23 heavy (non-hydrogen) atoms. The molecule has 1 heterocycles. The summed E-state index contributed by atoms with van der Waals surface area (Å²) >= 11 is 0. The maximum absolute atomic E-state index is 12.9. The summed E-state index contributed by atoms with van der Waals surface area (Å²) in [6.07, 6.45) is 1.97. The summed E-state index contributed by atoms with van der Waals surface area (Å²) < 4.78 is 5.39. The third-order valence-corrected chi connectivity index (χ3v) is 5.35. The van der Waals surface area contributed by atoms with Crippen LogP contribution in [0.2, 0.25) is 0 Å². The van der Waals surface area contributed by atoms with E-state index in [4.69, 9.17) is 4.74 Å². The van der Waals surface area contributed by atoms with Crippen molar-refractivity contribution < 1.29 is 9.53 Å². The first kappa shape index (κ1) is 14.3. The van der Waals surface area contributed by atoms with Gasteiger partial charge in [0.2, 0.25) is 0 Å². The predicted molar refractivity (Wildman–Crippen MR) is 89.9 cm³/mol. The van der Waals surface area contributed by atoms with Crippen molar-refractivity contribution in [1.82, 2.24) is 4.90 Å². The maximum Gasteiger partial charge on any atom is 0.254 e. The van der Waals surface area contributed by atoms with E-state index in [9.17, 15) is 4.79 Å². The average molecular weight is 307 g/mol. The highest BCUT2D eigenvalue weighted by Crippen LogP contribution is 2.46. The van der Waals surface area contributed by atoms with E-state index in [1.54, 1.807) is 7.11 Å². The van der Waals surface area contributed by atoms with Crippen LogP contribution >= 0.6 is 0 Å². The van der Waals surface area contributed by atoms with Crippen molar-refractivity contribution in [2.75, 3.05) is 13.7 Å². The summed E-state index contributed by atoms with van der Waals surface area (Å²) in [5.74, 6) is 1.05. The summed E-state index contributed by atoms with van der Waals surface area (Å²) in [4.78, 5) is 15.0. The molecule has 0 N–H and O–H groups in total. The SMILES string of the molecule is COc1ccc2c(c1)[C@@]1(C)C[C@@H](C2)N(C(=O)c2ccccc2)C1. The number of benzene rings is 2. The Balaban J connectivity index is 1.69. The topological polar surface area (TPSA) is 29.5 Å². The van der Waals surface area contributed by atoms with Crippen LogP contribution in [0.25, 0.3) is 0 Å². The lowest BCUT2D eigenvalue weighted by molar-refractivity contribution is 0.0734. The summed E-state index contributed by atoms with van der Waals surface area (Å²) in [6, 6.07) is 16.3. The normalized spacial score (nSPS) is 25.1. The van der Waals surface area contributed by atoms with Gasteiger partial charge in [0.25, 0.3) is 5.91 Å².